The van der Waals surface area contributed by atoms with Crippen molar-refractivity contribution >= 4 is 63.8 Å². The van der Waals surface area contributed by atoms with Crippen molar-refractivity contribution in [2.24, 2.45) is 14.1 Å². The fourth-order valence-electron chi connectivity index (χ4n) is 6.06. The van der Waals surface area contributed by atoms with Crippen LogP contribution < -0.4 is 31.2 Å². The van der Waals surface area contributed by atoms with E-state index in [0.717, 1.165) is 5.56 Å². The molecule has 23 heteroatoms. The summed E-state index contributed by atoms with van der Waals surface area (Å²) in [6.07, 6.45) is 8.82. The maximum absolute atomic E-state index is 12.6. The summed E-state index contributed by atoms with van der Waals surface area (Å²) in [6.45, 7) is -0.583. The molecular weight excluding hydrogens is 904 g/mol. The number of carbonyl (C=O) groups excluding carboxylic acids is 2. The molecule has 0 radical (unpaired) electrons. The van der Waals surface area contributed by atoms with Crippen LogP contribution in [-0.4, -0.2) is 85.2 Å². The number of Topliss-reactive ketones (excluding diaryl/α,β-unsaturated/α-hetero) is 2. The molecular formula is C46H43ClN18O4. The average Bonchev–Trinajstić information content (AvgIpc) is 4.01. The maximum Gasteiger partial charge on any atom is 0.185 e. The molecule has 8 heterocycles. The number of rotatable bonds is 14. The lowest BCUT2D eigenvalue weighted by atomic mass is 10.1. The van der Waals surface area contributed by atoms with Crippen molar-refractivity contribution < 1.29 is 23.2 Å². The van der Waals surface area contributed by atoms with Crippen molar-refractivity contribution in [1.82, 2.24) is 59.4 Å². The topological polar surface area (TPSA) is 301 Å². The standard InChI is InChI=1S/C23H21N9O2.C14H11ClN4O.C9H11N5O/c1-4-18(33)16-12-26-20(30-19-7-5-6-14(11-24)28-19)10-17(16)29-23-21(34-3)15(8-9-25-23)22-27-13-32(2)31-22;1-2-12(20)10-8-17-14(6-11(10)15)19-13-5-3-4-9(7-16)18-13;1-14-5-12-9(13-14)6-3-4-11-8(10)7(6)15-2/h5-10,12-13H,4H2,1-3H3,(H2,25,26,28,29,30);3-6,8H,2H2,1H3,(H,17,18,19);3-5H,1-2H3,(H2,10,11)/i;1D3;. The van der Waals surface area contributed by atoms with Crippen LogP contribution in [0.1, 0.15) is 62.8 Å². The van der Waals surface area contributed by atoms with Crippen LogP contribution >= 0.6 is 11.6 Å². The molecule has 348 valence electrons. The number of hydrogen-bond acceptors (Lipinski definition) is 20. The van der Waals surface area contributed by atoms with Gasteiger partial charge in [0.15, 0.2) is 46.4 Å². The van der Waals surface area contributed by atoms with Crippen LogP contribution in [0.3, 0.4) is 0 Å². The first-order chi connectivity index (χ1) is 34.5. The second kappa shape index (κ2) is 23.2. The molecule has 0 saturated heterocycles. The molecule has 8 aromatic rings. The molecule has 0 aliphatic carbocycles. The van der Waals surface area contributed by atoms with E-state index in [0.29, 0.717) is 81.3 Å². The number of aromatic nitrogens is 12. The van der Waals surface area contributed by atoms with E-state index in [9.17, 15) is 9.59 Å². The van der Waals surface area contributed by atoms with Crippen molar-refractivity contribution in [3.8, 4) is 46.4 Å². The minimum absolute atomic E-state index is 0.0482. The third kappa shape index (κ3) is 12.5. The number of nitrogens with zero attached hydrogens (tertiary/aromatic N) is 14. The number of nitrogens with one attached hydrogen (secondary N) is 3. The molecule has 0 amide bonds. The van der Waals surface area contributed by atoms with Gasteiger partial charge in [-0.25, -0.2) is 39.9 Å². The summed E-state index contributed by atoms with van der Waals surface area (Å²) in [6, 6.07) is 20.4. The van der Waals surface area contributed by atoms with Crippen LogP contribution in [0.15, 0.2) is 98.1 Å². The molecule has 0 unspecified atom stereocenters. The molecule has 0 bridgehead atoms. The minimum atomic E-state index is -2.36. The van der Waals surface area contributed by atoms with Crippen LogP contribution in [0.2, 0.25) is 5.02 Å². The Labute approximate surface area is 404 Å². The van der Waals surface area contributed by atoms with E-state index < -0.39 is 19.1 Å². The Hall–Kier alpha value is -9.41. The van der Waals surface area contributed by atoms with Crippen molar-refractivity contribution in [1.29, 1.82) is 10.5 Å². The second-order valence-corrected chi connectivity index (χ2v) is 14.4. The van der Waals surface area contributed by atoms with E-state index in [1.807, 2.05) is 12.1 Å². The Morgan fingerprint density at radius 1 is 0.710 bits per heavy atom. The lowest BCUT2D eigenvalue weighted by Gasteiger charge is -2.16. The summed E-state index contributed by atoms with van der Waals surface area (Å²) in [5.41, 5.74) is 8.51. The van der Waals surface area contributed by atoms with Crippen LogP contribution in [-0.2, 0) is 14.1 Å². The number of ketones is 2. The molecule has 0 saturated carbocycles. The summed E-state index contributed by atoms with van der Waals surface area (Å²) in [5, 5.41) is 35.6. The van der Waals surface area contributed by atoms with Crippen LogP contribution in [0, 0.1) is 22.7 Å². The van der Waals surface area contributed by atoms with Crippen molar-refractivity contribution in [3.05, 3.63) is 126 Å². The highest BCUT2D eigenvalue weighted by atomic mass is 35.5. The number of anilines is 7. The third-order valence-electron chi connectivity index (χ3n) is 9.26. The highest BCUT2D eigenvalue weighted by Gasteiger charge is 2.19. The van der Waals surface area contributed by atoms with Gasteiger partial charge in [0.25, 0.3) is 0 Å². The number of ether oxygens (including phenoxy) is 2. The lowest BCUT2D eigenvalue weighted by Crippen LogP contribution is -2.08. The Kier molecular flexibility index (Phi) is 15.0. The quantitative estimate of drug-likeness (QED) is 0.0770. The smallest absolute Gasteiger partial charge is 0.185 e. The SMILES string of the molecule is CCC(=O)c1cnc(Nc2cccc(C#N)n2)cc1Nc1nccc(-c2ncn(C)n2)c1OC.COc1c(-c2ncn(C)n2)ccnc1N.[2H]C([2H])([2H])CC(=O)c1cnc(Nc2cccc(C#N)n2)cc1Cl. The van der Waals surface area contributed by atoms with Gasteiger partial charge < -0.3 is 31.2 Å². The zero-order valence-corrected chi connectivity index (χ0v) is 38.3. The normalized spacial score (nSPS) is 11.0. The van der Waals surface area contributed by atoms with E-state index in [4.69, 9.17) is 41.4 Å². The van der Waals surface area contributed by atoms with Crippen LogP contribution in [0.4, 0.5) is 40.6 Å². The first kappa shape index (κ1) is 44.8. The Morgan fingerprint density at radius 3 is 1.75 bits per heavy atom. The highest BCUT2D eigenvalue weighted by molar-refractivity contribution is 6.34. The van der Waals surface area contributed by atoms with Crippen LogP contribution in [0.5, 0.6) is 11.5 Å². The Bertz CT molecular complexity index is 3320. The number of nitriles is 2. The van der Waals surface area contributed by atoms with Gasteiger partial charge in [0.1, 0.15) is 59.5 Å². The number of pyridine rings is 6. The van der Waals surface area contributed by atoms with Gasteiger partial charge >= 0.3 is 0 Å². The van der Waals surface area contributed by atoms with Crippen molar-refractivity contribution in [2.45, 2.75) is 26.6 Å². The molecule has 0 aliphatic heterocycles. The second-order valence-electron chi connectivity index (χ2n) is 14.0. The monoisotopic (exact) mass is 949 g/mol. The van der Waals surface area contributed by atoms with Crippen LogP contribution in [0.25, 0.3) is 22.8 Å². The summed E-state index contributed by atoms with van der Waals surface area (Å²) in [7, 11) is 6.64. The fraction of sp³-hybridized carbons (Fsp3) is 0.174. The molecule has 8 aromatic heterocycles. The van der Waals surface area contributed by atoms with Crippen molar-refractivity contribution in [2.75, 3.05) is 35.9 Å². The first-order valence-corrected chi connectivity index (χ1v) is 20.7. The molecule has 8 rings (SSSR count). The molecule has 0 atom stereocenters. The maximum atomic E-state index is 12.6. The average molecular weight is 950 g/mol. The molecule has 0 aliphatic rings. The lowest BCUT2D eigenvalue weighted by molar-refractivity contribution is 0.0980. The number of methoxy groups -OCH3 is 2. The molecule has 0 aromatic carbocycles. The zero-order chi connectivity index (χ0) is 52.0. The number of aryl methyl sites for hydroxylation is 2. The molecule has 69 heavy (non-hydrogen) atoms. The number of hydrogen-bond donors (Lipinski definition) is 4. The minimum Gasteiger partial charge on any atom is -0.492 e. The van der Waals surface area contributed by atoms with Gasteiger partial charge in [-0.2, -0.15) is 20.7 Å². The summed E-state index contributed by atoms with van der Waals surface area (Å²) in [4.78, 5) is 57.8. The predicted molar refractivity (Wildman–Crippen MR) is 256 cm³/mol. The van der Waals surface area contributed by atoms with Gasteiger partial charge in [-0.15, -0.1) is 0 Å². The van der Waals surface area contributed by atoms with E-state index >= 15 is 0 Å². The van der Waals surface area contributed by atoms with Gasteiger partial charge in [-0.1, -0.05) is 37.5 Å². The van der Waals surface area contributed by atoms with Gasteiger partial charge in [0.2, 0.25) is 0 Å². The highest BCUT2D eigenvalue weighted by Crippen LogP contribution is 2.36. The number of carbonyl (C=O) groups is 2. The number of nitrogens with two attached hydrogens (primary N) is 1. The van der Waals surface area contributed by atoms with E-state index in [1.54, 1.807) is 117 Å². The molecule has 22 nitrogen and oxygen atoms in total. The molecule has 5 N–H and O–H groups in total. The van der Waals surface area contributed by atoms with Crippen molar-refractivity contribution in [3.63, 3.8) is 0 Å². The number of nitrogen functional groups attached to an aromatic ring is 1. The van der Waals surface area contributed by atoms with E-state index in [-0.39, 0.29) is 27.8 Å². The van der Waals surface area contributed by atoms with Gasteiger partial charge in [0, 0.05) is 68.0 Å². The largest absolute Gasteiger partial charge is 0.492 e. The molecule has 0 fully saturated rings. The number of halogens is 1. The van der Waals surface area contributed by atoms with Gasteiger partial charge in [-0.3, -0.25) is 19.0 Å². The Balaban J connectivity index is 0.000000192. The van der Waals surface area contributed by atoms with Gasteiger partial charge in [-0.05, 0) is 36.4 Å². The summed E-state index contributed by atoms with van der Waals surface area (Å²) < 4.78 is 35.3. The summed E-state index contributed by atoms with van der Waals surface area (Å²) >= 11 is 6.02. The predicted octanol–water partition coefficient (Wildman–Crippen LogP) is 7.43. The van der Waals surface area contributed by atoms with E-state index in [2.05, 4.69) is 66.0 Å². The Morgan fingerprint density at radius 2 is 1.25 bits per heavy atom. The third-order valence-corrected chi connectivity index (χ3v) is 9.57. The fourth-order valence-corrected chi connectivity index (χ4v) is 6.32. The van der Waals surface area contributed by atoms with Gasteiger partial charge in [0.05, 0.1) is 47.2 Å². The zero-order valence-electron chi connectivity index (χ0n) is 40.5. The summed E-state index contributed by atoms with van der Waals surface area (Å²) in [5.74, 6) is 3.62. The van der Waals surface area contributed by atoms with E-state index in [1.165, 1.54) is 25.6 Å². The first-order valence-electron chi connectivity index (χ1n) is 21.8. The molecule has 0 spiro atoms.